The zero-order valence-corrected chi connectivity index (χ0v) is 12.7. The molecule has 3 N–H and O–H groups in total. The lowest BCUT2D eigenvalue weighted by Gasteiger charge is -2.09. The molecule has 0 unspecified atom stereocenters. The Morgan fingerprint density at radius 3 is 1.70 bits per heavy atom. The Morgan fingerprint density at radius 2 is 1.45 bits per heavy atom. The van der Waals surface area contributed by atoms with E-state index >= 15 is 0 Å². The predicted octanol–water partition coefficient (Wildman–Crippen LogP) is 0.673. The monoisotopic (exact) mass is 416 g/mol. The van der Waals surface area contributed by atoms with Crippen LogP contribution >= 0.6 is 21.2 Å². The molecule has 0 saturated heterocycles. The van der Waals surface area contributed by atoms with Crippen molar-refractivity contribution in [2.24, 2.45) is 0 Å². The van der Waals surface area contributed by atoms with Crippen molar-refractivity contribution in [3.05, 3.63) is 26.8 Å². The Bertz CT molecular complexity index is 641. The van der Waals surface area contributed by atoms with Crippen LogP contribution in [-0.2, 0) is 35.6 Å². The molecular formula is C10H9IO8S. The van der Waals surface area contributed by atoms with E-state index in [0.717, 1.165) is 12.1 Å². The first-order valence-corrected chi connectivity index (χ1v) is 8.39. The van der Waals surface area contributed by atoms with Crippen molar-refractivity contribution in [1.82, 2.24) is 0 Å². The molecule has 0 aliphatic rings. The second-order valence-corrected chi connectivity index (χ2v) is 6.69. The van der Waals surface area contributed by atoms with Crippen LogP contribution in [0.25, 0.3) is 0 Å². The van der Waals surface area contributed by atoms with E-state index in [0.29, 0.717) is 0 Å². The van der Waals surface area contributed by atoms with E-state index in [1.165, 1.54) is 0 Å². The number of halogens is 1. The first-order chi connectivity index (χ1) is 9.15. The van der Waals surface area contributed by atoms with Gasteiger partial charge in [0.15, 0.2) is 21.2 Å². The van der Waals surface area contributed by atoms with Gasteiger partial charge in [-0.3, -0.25) is 17.2 Å². The quantitative estimate of drug-likeness (QED) is 0.453. The van der Waals surface area contributed by atoms with E-state index in [-0.39, 0.29) is 14.7 Å². The largest absolute Gasteiger partial charge is 0.481 e. The molecule has 1 rings (SSSR count). The minimum absolute atomic E-state index is 0.0287. The van der Waals surface area contributed by atoms with Crippen LogP contribution in [0.5, 0.6) is 0 Å². The summed E-state index contributed by atoms with van der Waals surface area (Å²) < 4.78 is 42.4. The Labute approximate surface area is 123 Å². The maximum atomic E-state index is 11.2. The molecule has 0 aliphatic heterocycles. The van der Waals surface area contributed by atoms with Crippen LogP contribution in [0.2, 0.25) is 0 Å². The van der Waals surface area contributed by atoms with Gasteiger partial charge in [0.05, 0.1) is 21.3 Å². The summed E-state index contributed by atoms with van der Waals surface area (Å²) in [5, 5.41) is 17.5. The van der Waals surface area contributed by atoms with E-state index < -0.39 is 61.0 Å². The second-order valence-electron chi connectivity index (χ2n) is 3.75. The molecule has 0 spiro atoms. The van der Waals surface area contributed by atoms with Crippen LogP contribution in [0.15, 0.2) is 17.0 Å². The lowest BCUT2D eigenvalue weighted by molar-refractivity contribution is -0.137. The molecule has 110 valence electrons. The molecule has 0 atom stereocenters. The van der Waals surface area contributed by atoms with Gasteiger partial charge in [0, 0.05) is 0 Å². The van der Waals surface area contributed by atoms with Gasteiger partial charge in [0.2, 0.25) is 0 Å². The van der Waals surface area contributed by atoms with Crippen molar-refractivity contribution in [2.45, 2.75) is 17.7 Å². The number of carboxylic acids is 2. The SMILES string of the molecule is O=Ic1c(CC(=O)O)cc(S(=O)(=O)O)cc1CC(=O)O. The molecule has 1 aromatic carbocycles. The van der Waals surface area contributed by atoms with Crippen LogP contribution < -0.4 is 0 Å². The van der Waals surface area contributed by atoms with Crippen molar-refractivity contribution in [3.63, 3.8) is 0 Å². The molecule has 0 fully saturated rings. The van der Waals surface area contributed by atoms with Crippen LogP contribution in [0, 0.1) is 3.57 Å². The van der Waals surface area contributed by atoms with Gasteiger partial charge < -0.3 is 10.2 Å². The van der Waals surface area contributed by atoms with Crippen molar-refractivity contribution in [2.75, 3.05) is 0 Å². The summed E-state index contributed by atoms with van der Waals surface area (Å²) in [6.07, 6.45) is -1.24. The summed E-state index contributed by atoms with van der Waals surface area (Å²) in [4.78, 5) is 20.8. The highest BCUT2D eigenvalue weighted by atomic mass is 127. The number of carbonyl (C=O) groups is 2. The molecule has 10 heteroatoms. The number of aliphatic carboxylic acids is 2. The van der Waals surface area contributed by atoms with Gasteiger partial charge in [0.1, 0.15) is 0 Å². The number of hydrogen-bond donors (Lipinski definition) is 3. The van der Waals surface area contributed by atoms with Gasteiger partial charge in [-0.2, -0.15) is 8.42 Å². The Morgan fingerprint density at radius 1 is 1.05 bits per heavy atom. The van der Waals surface area contributed by atoms with Crippen molar-refractivity contribution in [3.8, 4) is 0 Å². The molecule has 0 aliphatic carbocycles. The number of benzene rings is 1. The van der Waals surface area contributed by atoms with Gasteiger partial charge in [-0.05, 0) is 23.3 Å². The van der Waals surface area contributed by atoms with Gasteiger partial charge in [-0.1, -0.05) is 0 Å². The van der Waals surface area contributed by atoms with Crippen LogP contribution in [0.3, 0.4) is 0 Å². The van der Waals surface area contributed by atoms with Crippen molar-refractivity contribution < 1.29 is 35.8 Å². The third-order valence-corrected chi connectivity index (χ3v) is 4.91. The Hall–Kier alpha value is -1.40. The van der Waals surface area contributed by atoms with Gasteiger partial charge in [-0.15, -0.1) is 0 Å². The average Bonchev–Trinajstić information content (AvgIpc) is 2.25. The highest BCUT2D eigenvalue weighted by Crippen LogP contribution is 2.26. The Balaban J connectivity index is 3.58. The van der Waals surface area contributed by atoms with Crippen LogP contribution in [0.4, 0.5) is 0 Å². The highest BCUT2D eigenvalue weighted by Gasteiger charge is 2.20. The summed E-state index contributed by atoms with van der Waals surface area (Å²) in [7, 11) is -4.62. The lowest BCUT2D eigenvalue weighted by Crippen LogP contribution is -2.10. The standard InChI is InChI=1S/C10H9IO8S/c12-8(13)3-5-1-7(20(17,18)19)2-6(4-9(14)15)10(5)11-16/h1-2H,3-4H2,(H,12,13)(H,14,15)(H,17,18,19). The molecule has 0 saturated carbocycles. The predicted molar refractivity (Wildman–Crippen MR) is 72.3 cm³/mol. The molecule has 0 aromatic heterocycles. The summed E-state index contributed by atoms with van der Waals surface area (Å²) in [5.41, 5.74) is -0.154. The molecule has 8 nitrogen and oxygen atoms in total. The molecule has 0 amide bonds. The van der Waals surface area contributed by atoms with E-state index in [4.69, 9.17) is 14.8 Å². The fourth-order valence-electron chi connectivity index (χ4n) is 1.55. The summed E-state index contributed by atoms with van der Waals surface area (Å²) in [5.74, 6) is -2.59. The topological polar surface area (TPSA) is 146 Å². The first-order valence-electron chi connectivity index (χ1n) is 4.99. The first kappa shape index (κ1) is 16.7. The fourth-order valence-corrected chi connectivity index (χ4v) is 3.39. The van der Waals surface area contributed by atoms with E-state index in [2.05, 4.69) is 0 Å². The van der Waals surface area contributed by atoms with Crippen LogP contribution in [-0.4, -0.2) is 35.1 Å². The summed E-state index contributed by atoms with van der Waals surface area (Å²) >= 11 is -1.90. The smallest absolute Gasteiger partial charge is 0.307 e. The third kappa shape index (κ3) is 4.31. The van der Waals surface area contributed by atoms with E-state index in [1.54, 1.807) is 0 Å². The molecule has 0 bridgehead atoms. The highest BCUT2D eigenvalue weighted by molar-refractivity contribution is 14.1. The maximum Gasteiger partial charge on any atom is 0.307 e. The van der Waals surface area contributed by atoms with E-state index in [1.807, 2.05) is 0 Å². The van der Waals surface area contributed by atoms with Crippen molar-refractivity contribution in [1.29, 1.82) is 0 Å². The second kappa shape index (κ2) is 6.37. The maximum absolute atomic E-state index is 11.2. The van der Waals surface area contributed by atoms with Crippen molar-refractivity contribution >= 4 is 43.2 Å². The average molecular weight is 416 g/mol. The van der Waals surface area contributed by atoms with Gasteiger partial charge in [0.25, 0.3) is 10.1 Å². The lowest BCUT2D eigenvalue weighted by atomic mass is 10.1. The zero-order valence-electron chi connectivity index (χ0n) is 9.74. The Kier molecular flexibility index (Phi) is 5.30. The molecule has 0 heterocycles. The third-order valence-electron chi connectivity index (χ3n) is 2.26. The summed E-state index contributed by atoms with van der Waals surface area (Å²) in [6, 6.07) is 1.78. The van der Waals surface area contributed by atoms with Gasteiger partial charge >= 0.3 is 11.9 Å². The summed E-state index contributed by atoms with van der Waals surface area (Å²) in [6.45, 7) is 0. The molecular weight excluding hydrogens is 407 g/mol. The van der Waals surface area contributed by atoms with Gasteiger partial charge in [-0.25, -0.2) is 0 Å². The molecule has 1 aromatic rings. The minimum Gasteiger partial charge on any atom is -0.481 e. The van der Waals surface area contributed by atoms with Crippen LogP contribution in [0.1, 0.15) is 11.1 Å². The number of rotatable bonds is 6. The minimum atomic E-state index is -4.62. The normalized spacial score (nSPS) is 11.2. The molecule has 0 radical (unpaired) electrons. The molecule has 20 heavy (non-hydrogen) atoms. The van der Waals surface area contributed by atoms with E-state index in [9.17, 15) is 21.1 Å². The number of carboxylic acid groups (broad SMARTS) is 2. The zero-order chi connectivity index (χ0) is 15.5. The number of hydrogen-bond acceptors (Lipinski definition) is 5. The fraction of sp³-hybridized carbons (Fsp3) is 0.200.